The minimum Gasteiger partial charge on any atom is -0.325 e. The van der Waals surface area contributed by atoms with Crippen molar-refractivity contribution in [1.29, 1.82) is 0 Å². The number of anilines is 1. The predicted octanol–water partition coefficient (Wildman–Crippen LogP) is 6.28. The van der Waals surface area contributed by atoms with E-state index < -0.39 is 0 Å². The fourth-order valence-electron chi connectivity index (χ4n) is 3.48. The highest BCUT2D eigenvalue weighted by molar-refractivity contribution is 7.99. The molecule has 1 heterocycles. The number of nitrogens with one attached hydrogen (secondary N) is 1. The van der Waals surface area contributed by atoms with E-state index in [2.05, 4.69) is 24.1 Å². The quantitative estimate of drug-likeness (QED) is 0.251. The molecule has 7 heteroatoms. The molecule has 1 amide bonds. The highest BCUT2D eigenvalue weighted by atomic mass is 35.5. The smallest absolute Gasteiger partial charge is 0.266 e. The number of aromatic nitrogens is 2. The number of fused-ring (bicyclic) bond motifs is 1. The molecule has 0 aliphatic rings. The lowest BCUT2D eigenvalue weighted by molar-refractivity contribution is -0.113. The van der Waals surface area contributed by atoms with E-state index in [1.807, 2.05) is 36.4 Å². The van der Waals surface area contributed by atoms with Crippen LogP contribution in [0.1, 0.15) is 31.7 Å². The van der Waals surface area contributed by atoms with E-state index in [0.29, 0.717) is 32.7 Å². The first-order chi connectivity index (χ1) is 16.0. The molecule has 0 spiro atoms. The van der Waals surface area contributed by atoms with Crippen molar-refractivity contribution in [2.75, 3.05) is 11.1 Å². The first-order valence-corrected chi connectivity index (χ1v) is 12.1. The van der Waals surface area contributed by atoms with Crippen LogP contribution in [0.3, 0.4) is 0 Å². The number of para-hydroxylation sites is 1. The third kappa shape index (κ3) is 5.29. The van der Waals surface area contributed by atoms with Crippen molar-refractivity contribution in [3.8, 4) is 5.69 Å². The molecular formula is C26H24ClN3O2S. The van der Waals surface area contributed by atoms with E-state index in [9.17, 15) is 9.59 Å². The van der Waals surface area contributed by atoms with Crippen molar-refractivity contribution in [3.63, 3.8) is 0 Å². The first kappa shape index (κ1) is 23.1. The fourth-order valence-corrected chi connectivity index (χ4v) is 4.42. The number of amides is 1. The number of rotatable bonds is 7. The second-order valence-corrected chi connectivity index (χ2v) is 9.18. The Morgan fingerprint density at radius 3 is 2.45 bits per heavy atom. The normalized spacial score (nSPS) is 12.0. The average Bonchev–Trinajstić information content (AvgIpc) is 2.83. The molecule has 3 aromatic carbocycles. The lowest BCUT2D eigenvalue weighted by atomic mass is 9.99. The maximum atomic E-state index is 13.3. The molecule has 0 aliphatic carbocycles. The molecule has 0 radical (unpaired) electrons. The van der Waals surface area contributed by atoms with E-state index in [0.717, 1.165) is 12.1 Å². The highest BCUT2D eigenvalue weighted by Gasteiger charge is 2.15. The van der Waals surface area contributed by atoms with E-state index in [1.165, 1.54) is 21.9 Å². The summed E-state index contributed by atoms with van der Waals surface area (Å²) in [6, 6.07) is 22.1. The average molecular weight is 478 g/mol. The molecule has 0 bridgehead atoms. The Kier molecular flexibility index (Phi) is 7.16. The van der Waals surface area contributed by atoms with Crippen LogP contribution in [-0.4, -0.2) is 21.2 Å². The Morgan fingerprint density at radius 1 is 1.06 bits per heavy atom. The zero-order valence-electron chi connectivity index (χ0n) is 18.4. The summed E-state index contributed by atoms with van der Waals surface area (Å²) in [6.07, 6.45) is 1.07. The van der Waals surface area contributed by atoms with E-state index >= 15 is 0 Å². The molecule has 1 N–H and O–H groups in total. The summed E-state index contributed by atoms with van der Waals surface area (Å²) in [5.41, 5.74) is 3.04. The van der Waals surface area contributed by atoms with Crippen molar-refractivity contribution in [2.24, 2.45) is 0 Å². The second-order valence-electron chi connectivity index (χ2n) is 7.80. The number of thioether (sulfide) groups is 1. The fraction of sp³-hybridized carbons (Fsp3) is 0.192. The lowest BCUT2D eigenvalue weighted by Crippen LogP contribution is -2.23. The summed E-state index contributed by atoms with van der Waals surface area (Å²) < 4.78 is 1.53. The van der Waals surface area contributed by atoms with Gasteiger partial charge in [-0.1, -0.05) is 61.5 Å². The maximum Gasteiger partial charge on any atom is 0.266 e. The maximum absolute atomic E-state index is 13.3. The van der Waals surface area contributed by atoms with Gasteiger partial charge in [-0.25, -0.2) is 4.98 Å². The molecule has 4 aromatic rings. The van der Waals surface area contributed by atoms with Crippen molar-refractivity contribution in [3.05, 3.63) is 93.7 Å². The highest BCUT2D eigenvalue weighted by Crippen LogP contribution is 2.24. The number of hydrogen-bond acceptors (Lipinski definition) is 4. The number of benzene rings is 3. The van der Waals surface area contributed by atoms with Crippen molar-refractivity contribution in [1.82, 2.24) is 9.55 Å². The van der Waals surface area contributed by atoms with Gasteiger partial charge in [-0.15, -0.1) is 0 Å². The summed E-state index contributed by atoms with van der Waals surface area (Å²) >= 11 is 7.25. The third-order valence-electron chi connectivity index (χ3n) is 5.54. The topological polar surface area (TPSA) is 64.0 Å². The molecule has 0 saturated carbocycles. The molecule has 168 valence electrons. The Labute approximate surface area is 201 Å². The first-order valence-electron chi connectivity index (χ1n) is 10.8. The number of hydrogen-bond donors (Lipinski definition) is 1. The van der Waals surface area contributed by atoms with Crippen LogP contribution in [0, 0.1) is 0 Å². The van der Waals surface area contributed by atoms with Crippen LogP contribution in [0.15, 0.2) is 82.7 Å². The van der Waals surface area contributed by atoms with Gasteiger partial charge in [0, 0.05) is 10.7 Å². The lowest BCUT2D eigenvalue weighted by Gasteiger charge is -2.13. The van der Waals surface area contributed by atoms with Gasteiger partial charge in [-0.3, -0.25) is 14.2 Å². The summed E-state index contributed by atoms with van der Waals surface area (Å²) in [5, 5.41) is 4.46. The summed E-state index contributed by atoms with van der Waals surface area (Å²) in [6.45, 7) is 4.34. The Morgan fingerprint density at radius 2 is 1.76 bits per heavy atom. The number of carbonyl (C=O) groups excluding carboxylic acids is 1. The Bertz CT molecular complexity index is 1330. The summed E-state index contributed by atoms with van der Waals surface area (Å²) in [4.78, 5) is 30.6. The van der Waals surface area contributed by atoms with E-state index in [1.54, 1.807) is 36.4 Å². The Balaban J connectivity index is 1.57. The third-order valence-corrected chi connectivity index (χ3v) is 6.73. The van der Waals surface area contributed by atoms with Crippen LogP contribution in [0.5, 0.6) is 0 Å². The van der Waals surface area contributed by atoms with Gasteiger partial charge in [0.05, 0.1) is 22.3 Å². The van der Waals surface area contributed by atoms with Crippen LogP contribution in [0.4, 0.5) is 5.69 Å². The molecule has 1 atom stereocenters. The molecule has 5 nitrogen and oxygen atoms in total. The SMILES string of the molecule is CC[C@H](C)c1ccc(NC(=O)CSc2nc3ccccc3c(=O)n2-c2ccc(Cl)cc2)cc1. The minimum absolute atomic E-state index is 0.117. The van der Waals surface area contributed by atoms with Gasteiger partial charge in [-0.2, -0.15) is 0 Å². The largest absolute Gasteiger partial charge is 0.325 e. The van der Waals surface area contributed by atoms with Gasteiger partial charge >= 0.3 is 0 Å². The van der Waals surface area contributed by atoms with Crippen LogP contribution in [0.2, 0.25) is 5.02 Å². The van der Waals surface area contributed by atoms with E-state index in [4.69, 9.17) is 11.6 Å². The molecule has 0 unspecified atom stereocenters. The van der Waals surface area contributed by atoms with Gasteiger partial charge < -0.3 is 5.32 Å². The number of carbonyl (C=O) groups is 1. The van der Waals surface area contributed by atoms with Gasteiger partial charge in [-0.05, 0) is 66.4 Å². The van der Waals surface area contributed by atoms with Crippen LogP contribution in [-0.2, 0) is 4.79 Å². The Hall–Kier alpha value is -3.09. The van der Waals surface area contributed by atoms with Gasteiger partial charge in [0.2, 0.25) is 5.91 Å². The molecule has 1 aromatic heterocycles. The molecule has 33 heavy (non-hydrogen) atoms. The van der Waals surface area contributed by atoms with E-state index in [-0.39, 0.29) is 17.2 Å². The summed E-state index contributed by atoms with van der Waals surface area (Å²) in [5.74, 6) is 0.432. The molecule has 0 aliphatic heterocycles. The van der Waals surface area contributed by atoms with Gasteiger partial charge in [0.25, 0.3) is 5.56 Å². The monoisotopic (exact) mass is 477 g/mol. The second kappa shape index (κ2) is 10.2. The van der Waals surface area contributed by atoms with Crippen LogP contribution >= 0.6 is 23.4 Å². The van der Waals surface area contributed by atoms with Crippen molar-refractivity contribution in [2.45, 2.75) is 31.3 Å². The number of halogens is 1. The van der Waals surface area contributed by atoms with Crippen LogP contribution < -0.4 is 10.9 Å². The minimum atomic E-state index is -0.188. The van der Waals surface area contributed by atoms with Gasteiger partial charge in [0.15, 0.2) is 5.16 Å². The summed E-state index contributed by atoms with van der Waals surface area (Å²) in [7, 11) is 0. The molecule has 4 rings (SSSR count). The predicted molar refractivity (Wildman–Crippen MR) is 137 cm³/mol. The molecular weight excluding hydrogens is 454 g/mol. The number of nitrogens with zero attached hydrogens (tertiary/aromatic N) is 2. The standard InChI is InChI=1S/C26H24ClN3O2S/c1-3-17(2)18-8-12-20(13-9-18)28-24(31)16-33-26-29-23-7-5-4-6-22(23)25(32)30(26)21-14-10-19(27)11-15-21/h4-15,17H,3,16H2,1-2H3,(H,28,31)/t17-/m0/s1. The molecule has 0 saturated heterocycles. The van der Waals surface area contributed by atoms with Crippen molar-refractivity contribution < 1.29 is 4.79 Å². The van der Waals surface area contributed by atoms with Crippen molar-refractivity contribution >= 4 is 45.9 Å². The van der Waals surface area contributed by atoms with Crippen LogP contribution in [0.25, 0.3) is 16.6 Å². The zero-order valence-corrected chi connectivity index (χ0v) is 20.0. The zero-order chi connectivity index (χ0) is 23.4. The molecule has 0 fully saturated rings. The van der Waals surface area contributed by atoms with Gasteiger partial charge in [0.1, 0.15) is 0 Å².